The average molecular weight is 312 g/mol. The van der Waals surface area contributed by atoms with Crippen LogP contribution in [0.3, 0.4) is 0 Å². The fourth-order valence-corrected chi connectivity index (χ4v) is 2.33. The predicted molar refractivity (Wildman–Crippen MR) is 77.0 cm³/mol. The molecule has 1 unspecified atom stereocenters. The van der Waals surface area contributed by atoms with Gasteiger partial charge in [0.05, 0.1) is 23.4 Å². The van der Waals surface area contributed by atoms with Crippen LogP contribution in [0.15, 0.2) is 12.1 Å². The van der Waals surface area contributed by atoms with E-state index in [1.165, 1.54) is 19.2 Å². The van der Waals surface area contributed by atoms with E-state index < -0.39 is 17.9 Å². The van der Waals surface area contributed by atoms with Gasteiger partial charge in [-0.2, -0.15) is 0 Å². The number of amides is 2. The van der Waals surface area contributed by atoms with Crippen molar-refractivity contribution in [2.45, 2.75) is 18.9 Å². The van der Waals surface area contributed by atoms with Crippen molar-refractivity contribution in [2.24, 2.45) is 0 Å². The first-order chi connectivity index (χ1) is 9.92. The van der Waals surface area contributed by atoms with E-state index >= 15 is 0 Å². The van der Waals surface area contributed by atoms with Crippen LogP contribution in [-0.2, 0) is 14.3 Å². The summed E-state index contributed by atoms with van der Waals surface area (Å²) in [5.41, 5.74) is 6.34. The van der Waals surface area contributed by atoms with Crippen molar-refractivity contribution in [1.29, 1.82) is 0 Å². The number of piperidine rings is 1. The molecule has 1 aliphatic heterocycles. The second-order valence-electron chi connectivity index (χ2n) is 4.56. The minimum absolute atomic E-state index is 0.132. The molecule has 2 amide bonds. The number of carbonyl (C=O) groups is 3. The molecule has 0 spiro atoms. The molecule has 4 N–H and O–H groups in total. The molecule has 1 saturated heterocycles. The van der Waals surface area contributed by atoms with Gasteiger partial charge in [-0.1, -0.05) is 11.6 Å². The van der Waals surface area contributed by atoms with Crippen LogP contribution in [0.1, 0.15) is 23.2 Å². The summed E-state index contributed by atoms with van der Waals surface area (Å²) in [5, 5.41) is 5.29. The minimum Gasteiger partial charge on any atom is -0.465 e. The quantitative estimate of drug-likeness (QED) is 0.435. The van der Waals surface area contributed by atoms with Gasteiger partial charge in [0.25, 0.3) is 0 Å². The van der Waals surface area contributed by atoms with E-state index in [-0.39, 0.29) is 28.6 Å². The number of methoxy groups -OCH3 is 1. The molecule has 0 aliphatic carbocycles. The Morgan fingerprint density at radius 3 is 2.81 bits per heavy atom. The second kappa shape index (κ2) is 6.01. The molecule has 0 bridgehead atoms. The number of nitrogens with one attached hydrogen (secondary N) is 2. The standard InChI is InChI=1S/C13H14ClN3O4/c1-21-13(20)7-4-6(15)5-8(14)11(7)16-9-2-3-10(18)17-12(9)19/h4-5,9,16H,2-3,15H2,1H3,(H,17,18,19). The first-order valence-electron chi connectivity index (χ1n) is 6.20. The summed E-state index contributed by atoms with van der Waals surface area (Å²) in [4.78, 5) is 34.7. The number of rotatable bonds is 3. The third-order valence-electron chi connectivity index (χ3n) is 3.08. The molecule has 8 heteroatoms. The van der Waals surface area contributed by atoms with Gasteiger partial charge in [0.15, 0.2) is 0 Å². The largest absolute Gasteiger partial charge is 0.465 e. The molecule has 1 heterocycles. The van der Waals surface area contributed by atoms with Gasteiger partial charge in [-0.3, -0.25) is 14.9 Å². The fourth-order valence-electron chi connectivity index (χ4n) is 2.05. The van der Waals surface area contributed by atoms with Crippen LogP contribution in [0.2, 0.25) is 5.02 Å². The van der Waals surface area contributed by atoms with Crippen LogP contribution >= 0.6 is 11.6 Å². The lowest BCUT2D eigenvalue weighted by atomic mass is 10.0. The Morgan fingerprint density at radius 1 is 1.48 bits per heavy atom. The molecule has 1 fully saturated rings. The lowest BCUT2D eigenvalue weighted by Crippen LogP contribution is -2.47. The van der Waals surface area contributed by atoms with Crippen molar-refractivity contribution in [3.05, 3.63) is 22.7 Å². The highest BCUT2D eigenvalue weighted by molar-refractivity contribution is 6.34. The highest BCUT2D eigenvalue weighted by Gasteiger charge is 2.28. The summed E-state index contributed by atoms with van der Waals surface area (Å²) >= 11 is 6.08. The zero-order valence-corrected chi connectivity index (χ0v) is 12.0. The van der Waals surface area contributed by atoms with E-state index in [4.69, 9.17) is 17.3 Å². The van der Waals surface area contributed by atoms with E-state index in [9.17, 15) is 14.4 Å². The third-order valence-corrected chi connectivity index (χ3v) is 3.37. The van der Waals surface area contributed by atoms with Crippen molar-refractivity contribution in [1.82, 2.24) is 5.32 Å². The van der Waals surface area contributed by atoms with Gasteiger partial charge in [-0.05, 0) is 18.6 Å². The number of nitrogen functional groups attached to an aromatic ring is 1. The number of nitrogens with two attached hydrogens (primary N) is 1. The summed E-state index contributed by atoms with van der Waals surface area (Å²) in [6.45, 7) is 0. The summed E-state index contributed by atoms with van der Waals surface area (Å²) in [6, 6.07) is 2.21. The molecular formula is C13H14ClN3O4. The van der Waals surface area contributed by atoms with Crippen LogP contribution in [0.25, 0.3) is 0 Å². The molecule has 7 nitrogen and oxygen atoms in total. The van der Waals surface area contributed by atoms with Crippen molar-refractivity contribution in [3.63, 3.8) is 0 Å². The molecule has 0 saturated carbocycles. The predicted octanol–water partition coefficient (Wildman–Crippen LogP) is 0.926. The molecule has 1 aliphatic rings. The Morgan fingerprint density at radius 2 is 2.19 bits per heavy atom. The Labute approximate surface area is 125 Å². The number of anilines is 2. The summed E-state index contributed by atoms with van der Waals surface area (Å²) in [7, 11) is 1.23. The highest BCUT2D eigenvalue weighted by atomic mass is 35.5. The second-order valence-corrected chi connectivity index (χ2v) is 4.97. The maximum Gasteiger partial charge on any atom is 0.340 e. The van der Waals surface area contributed by atoms with Crippen molar-refractivity contribution < 1.29 is 19.1 Å². The number of benzene rings is 1. The molecule has 112 valence electrons. The smallest absolute Gasteiger partial charge is 0.340 e. The number of hydrogen-bond acceptors (Lipinski definition) is 6. The average Bonchev–Trinajstić information content (AvgIpc) is 2.42. The summed E-state index contributed by atoms with van der Waals surface area (Å²) in [5.74, 6) is -1.41. The number of hydrogen-bond donors (Lipinski definition) is 3. The maximum absolute atomic E-state index is 11.8. The first-order valence-corrected chi connectivity index (χ1v) is 6.57. The Bertz CT molecular complexity index is 618. The van der Waals surface area contributed by atoms with Crippen LogP contribution in [0.4, 0.5) is 11.4 Å². The van der Waals surface area contributed by atoms with Gasteiger partial charge in [0, 0.05) is 12.1 Å². The number of ether oxygens (including phenoxy) is 1. The van der Waals surface area contributed by atoms with E-state index in [2.05, 4.69) is 15.4 Å². The van der Waals surface area contributed by atoms with E-state index in [1.807, 2.05) is 0 Å². The van der Waals surface area contributed by atoms with Crippen LogP contribution in [-0.4, -0.2) is 30.9 Å². The van der Waals surface area contributed by atoms with E-state index in [0.717, 1.165) is 0 Å². The molecule has 21 heavy (non-hydrogen) atoms. The Hall–Kier alpha value is -2.28. The summed E-state index contributed by atoms with van der Waals surface area (Å²) < 4.78 is 4.67. The lowest BCUT2D eigenvalue weighted by molar-refractivity contribution is -0.133. The topological polar surface area (TPSA) is 111 Å². The van der Waals surface area contributed by atoms with Crippen molar-refractivity contribution in [2.75, 3.05) is 18.2 Å². The van der Waals surface area contributed by atoms with Crippen LogP contribution in [0.5, 0.6) is 0 Å². The third kappa shape index (κ3) is 3.25. The fraction of sp³-hybridized carbons (Fsp3) is 0.308. The monoisotopic (exact) mass is 311 g/mol. The van der Waals surface area contributed by atoms with Crippen LogP contribution in [0, 0.1) is 0 Å². The van der Waals surface area contributed by atoms with Crippen molar-refractivity contribution in [3.8, 4) is 0 Å². The molecule has 1 aromatic rings. The van der Waals surface area contributed by atoms with Gasteiger partial charge in [0.1, 0.15) is 6.04 Å². The summed E-state index contributed by atoms with van der Waals surface area (Å²) in [6.07, 6.45) is 0.523. The zero-order valence-electron chi connectivity index (χ0n) is 11.2. The molecule has 2 rings (SSSR count). The maximum atomic E-state index is 11.8. The van der Waals surface area contributed by atoms with Crippen molar-refractivity contribution >= 4 is 40.8 Å². The SMILES string of the molecule is COC(=O)c1cc(N)cc(Cl)c1NC1CCC(=O)NC1=O. The Balaban J connectivity index is 2.33. The number of carbonyl (C=O) groups excluding carboxylic acids is 3. The highest BCUT2D eigenvalue weighted by Crippen LogP contribution is 2.31. The molecule has 0 aromatic heterocycles. The first kappa shape index (κ1) is 15.1. The van der Waals surface area contributed by atoms with Crippen LogP contribution < -0.4 is 16.4 Å². The van der Waals surface area contributed by atoms with Gasteiger partial charge in [0.2, 0.25) is 11.8 Å². The molecular weight excluding hydrogens is 298 g/mol. The number of imide groups is 1. The van der Waals surface area contributed by atoms with E-state index in [1.54, 1.807) is 0 Å². The zero-order chi connectivity index (χ0) is 15.6. The number of halogens is 1. The molecule has 1 aromatic carbocycles. The van der Waals surface area contributed by atoms with Gasteiger partial charge >= 0.3 is 5.97 Å². The molecule has 1 atom stereocenters. The normalized spacial score (nSPS) is 18.1. The lowest BCUT2D eigenvalue weighted by Gasteiger charge is -2.24. The van der Waals surface area contributed by atoms with E-state index in [0.29, 0.717) is 12.1 Å². The number of esters is 1. The molecule has 0 radical (unpaired) electrons. The van der Waals surface area contributed by atoms with Gasteiger partial charge in [-0.15, -0.1) is 0 Å². The Kier molecular flexibility index (Phi) is 4.32. The van der Waals surface area contributed by atoms with Gasteiger partial charge < -0.3 is 15.8 Å². The van der Waals surface area contributed by atoms with Gasteiger partial charge in [-0.25, -0.2) is 4.79 Å². The minimum atomic E-state index is -0.660.